The molecule has 2 aliphatic carbocycles. The summed E-state index contributed by atoms with van der Waals surface area (Å²) in [5, 5.41) is 2.54. The molecule has 7 aromatic carbocycles. The van der Waals surface area contributed by atoms with Crippen molar-refractivity contribution in [3.8, 4) is 22.3 Å². The molecule has 0 nitrogen and oxygen atoms in total. The molecule has 0 amide bonds. The van der Waals surface area contributed by atoms with Crippen LogP contribution >= 0.6 is 0 Å². The summed E-state index contributed by atoms with van der Waals surface area (Å²) < 4.78 is 0. The topological polar surface area (TPSA) is 0 Å². The van der Waals surface area contributed by atoms with Gasteiger partial charge in [0.1, 0.15) is 0 Å². The van der Waals surface area contributed by atoms with Crippen LogP contribution in [0.5, 0.6) is 0 Å². The van der Waals surface area contributed by atoms with Gasteiger partial charge in [-0.05, 0) is 100 Å². The van der Waals surface area contributed by atoms with Gasteiger partial charge in [0.15, 0.2) is 0 Å². The molecule has 1 unspecified atom stereocenters. The Morgan fingerprint density at radius 3 is 1.47 bits per heavy atom. The fourth-order valence-corrected chi connectivity index (χ4v) is 9.40. The molecule has 0 fully saturated rings. The minimum atomic E-state index is -0.459. The van der Waals surface area contributed by atoms with Crippen LogP contribution in [0.2, 0.25) is 0 Å². The minimum Gasteiger partial charge on any atom is -0.0751 e. The van der Waals surface area contributed by atoms with Gasteiger partial charge >= 0.3 is 0 Å². The Morgan fingerprint density at radius 2 is 0.906 bits per heavy atom. The molecule has 2 aliphatic rings. The average molecular weight is 685 g/mol. The fraction of sp³-hybridized carbons (Fsp3) is 0.208. The second kappa shape index (κ2) is 12.3. The van der Waals surface area contributed by atoms with Crippen LogP contribution in [0.15, 0.2) is 164 Å². The molecule has 53 heavy (non-hydrogen) atoms. The molecule has 1 atom stereocenters. The van der Waals surface area contributed by atoms with Gasteiger partial charge in [-0.3, -0.25) is 0 Å². The van der Waals surface area contributed by atoms with E-state index in [2.05, 4.69) is 211 Å². The Morgan fingerprint density at radius 1 is 0.396 bits per heavy atom. The summed E-state index contributed by atoms with van der Waals surface area (Å²) in [5.74, 6) is 0.134. The Labute approximate surface area is 315 Å². The summed E-state index contributed by atoms with van der Waals surface area (Å²) in [7, 11) is 0. The Kier molecular flexibility index (Phi) is 7.75. The van der Waals surface area contributed by atoms with Crippen LogP contribution in [0.3, 0.4) is 0 Å². The first-order chi connectivity index (χ1) is 25.5. The lowest BCUT2D eigenvalue weighted by atomic mass is 9.55. The zero-order valence-corrected chi connectivity index (χ0v) is 31.8. The lowest BCUT2D eigenvalue weighted by Gasteiger charge is -2.46. The van der Waals surface area contributed by atoms with E-state index in [9.17, 15) is 0 Å². The molecule has 0 bridgehead atoms. The van der Waals surface area contributed by atoms with E-state index in [-0.39, 0.29) is 22.7 Å². The lowest BCUT2D eigenvalue weighted by Crippen LogP contribution is -2.40. The predicted octanol–water partition coefficient (Wildman–Crippen LogP) is 14.0. The number of fused-ring (bicyclic) bond motifs is 5. The van der Waals surface area contributed by atoms with E-state index in [0.717, 1.165) is 0 Å². The van der Waals surface area contributed by atoms with Gasteiger partial charge in [0.2, 0.25) is 0 Å². The quantitative estimate of drug-likeness (QED) is 0.169. The van der Waals surface area contributed by atoms with E-state index in [0.29, 0.717) is 0 Å². The summed E-state index contributed by atoms with van der Waals surface area (Å²) in [5.41, 5.74) is 15.8. The van der Waals surface area contributed by atoms with Crippen LogP contribution in [0, 0.1) is 0 Å². The van der Waals surface area contributed by atoms with Gasteiger partial charge in [-0.2, -0.15) is 0 Å². The summed E-state index contributed by atoms with van der Waals surface area (Å²) in [6.45, 7) is 14.1. The Hall–Kier alpha value is -5.46. The monoisotopic (exact) mass is 684 g/mol. The molecule has 0 radical (unpaired) electrons. The van der Waals surface area contributed by atoms with Crippen molar-refractivity contribution >= 4 is 16.8 Å². The molecule has 260 valence electrons. The third-order valence-electron chi connectivity index (χ3n) is 12.2. The number of hydrogen-bond donors (Lipinski definition) is 0. The van der Waals surface area contributed by atoms with Crippen molar-refractivity contribution in [3.05, 3.63) is 208 Å². The Bertz CT molecular complexity index is 2410. The van der Waals surface area contributed by atoms with Gasteiger partial charge in [-0.25, -0.2) is 0 Å². The number of allylic oxidation sites excluding steroid dienone is 1. The van der Waals surface area contributed by atoms with Crippen LogP contribution in [0.25, 0.3) is 39.1 Å². The average Bonchev–Trinajstić information content (AvgIpc) is 3.74. The maximum absolute atomic E-state index is 2.56. The first-order valence-electron chi connectivity index (χ1n) is 19.2. The van der Waals surface area contributed by atoms with Crippen LogP contribution in [-0.2, 0) is 16.2 Å². The van der Waals surface area contributed by atoms with Gasteiger partial charge in [0.05, 0.1) is 0 Å². The number of hydrogen-bond acceptors (Lipinski definition) is 0. The second-order valence-electron chi connectivity index (χ2n) is 17.4. The van der Waals surface area contributed by atoms with E-state index >= 15 is 0 Å². The second-order valence-corrected chi connectivity index (χ2v) is 17.4. The van der Waals surface area contributed by atoms with Crippen molar-refractivity contribution in [2.75, 3.05) is 0 Å². The largest absolute Gasteiger partial charge is 0.0751 e. The van der Waals surface area contributed by atoms with Crippen LogP contribution in [0.4, 0.5) is 0 Å². The van der Waals surface area contributed by atoms with Crippen molar-refractivity contribution in [1.82, 2.24) is 0 Å². The molecule has 0 aliphatic heterocycles. The van der Waals surface area contributed by atoms with E-state index in [1.165, 1.54) is 77.5 Å². The van der Waals surface area contributed by atoms with Crippen molar-refractivity contribution in [2.24, 2.45) is 0 Å². The third-order valence-corrected chi connectivity index (χ3v) is 12.2. The number of benzene rings is 7. The smallest absolute Gasteiger partial charge is 0.0415 e. The highest BCUT2D eigenvalue weighted by Crippen LogP contribution is 2.63. The van der Waals surface area contributed by atoms with Crippen molar-refractivity contribution in [3.63, 3.8) is 0 Å². The SMILES string of the molecule is CC(C)(C)c1ccc2c(c1)C(C(c1ccccc1)(c1ccccc1)C1C=Cc3ccc(-c4ccc5ccccc5c4)cc31)c1cc(C(C)(C)C)ccc1-2. The standard InChI is InChI=1S/C53H48/c1-51(2,3)42-26-28-44-45-29-27-43(52(4,5)6)34-48(45)50(47(44)33-42)53(40-17-9-7-10-18-40,41-19-11-8-12-20-41)49-30-25-36-22-24-39(32-46(36)49)38-23-21-35-15-13-14-16-37(35)31-38/h7-34,49-50H,1-6H3. The van der Waals surface area contributed by atoms with Gasteiger partial charge in [-0.15, -0.1) is 0 Å². The first kappa shape index (κ1) is 33.4. The maximum atomic E-state index is 2.56. The van der Waals surface area contributed by atoms with Gasteiger partial charge in [0.25, 0.3) is 0 Å². The molecule has 0 N–H and O–H groups in total. The van der Waals surface area contributed by atoms with Crippen LogP contribution < -0.4 is 0 Å². The molecule has 0 spiro atoms. The van der Waals surface area contributed by atoms with Gasteiger partial charge in [0, 0.05) is 17.3 Å². The summed E-state index contributed by atoms with van der Waals surface area (Å²) in [4.78, 5) is 0. The third kappa shape index (κ3) is 5.42. The van der Waals surface area contributed by atoms with E-state index in [1.807, 2.05) is 0 Å². The molecule has 0 heterocycles. The highest BCUT2D eigenvalue weighted by Gasteiger charge is 2.53. The molecule has 9 rings (SSSR count). The molecule has 0 heteroatoms. The molecule has 0 saturated heterocycles. The number of rotatable bonds is 5. The molecular weight excluding hydrogens is 637 g/mol. The van der Waals surface area contributed by atoms with Gasteiger partial charge in [-0.1, -0.05) is 199 Å². The lowest BCUT2D eigenvalue weighted by molar-refractivity contribution is 0.415. The van der Waals surface area contributed by atoms with Crippen molar-refractivity contribution in [1.29, 1.82) is 0 Å². The molecule has 0 saturated carbocycles. The van der Waals surface area contributed by atoms with Crippen LogP contribution in [-0.4, -0.2) is 0 Å². The Balaban J connectivity index is 1.37. The normalized spacial score (nSPS) is 15.4. The van der Waals surface area contributed by atoms with Crippen molar-refractivity contribution in [2.45, 2.75) is 69.6 Å². The highest BCUT2D eigenvalue weighted by atomic mass is 14.5. The fourth-order valence-electron chi connectivity index (χ4n) is 9.40. The zero-order valence-electron chi connectivity index (χ0n) is 31.8. The van der Waals surface area contributed by atoms with E-state index in [4.69, 9.17) is 0 Å². The van der Waals surface area contributed by atoms with Crippen LogP contribution in [0.1, 0.15) is 97.9 Å². The first-order valence-corrected chi connectivity index (χ1v) is 19.2. The van der Waals surface area contributed by atoms with Crippen molar-refractivity contribution < 1.29 is 0 Å². The molecular formula is C53H48. The minimum absolute atomic E-state index is 0.0156. The van der Waals surface area contributed by atoms with E-state index < -0.39 is 5.41 Å². The summed E-state index contributed by atoms with van der Waals surface area (Å²) in [6, 6.07) is 60.3. The summed E-state index contributed by atoms with van der Waals surface area (Å²) in [6.07, 6.45) is 4.91. The summed E-state index contributed by atoms with van der Waals surface area (Å²) >= 11 is 0. The molecule has 0 aromatic heterocycles. The van der Waals surface area contributed by atoms with Gasteiger partial charge < -0.3 is 0 Å². The zero-order chi connectivity index (χ0) is 36.5. The molecule has 7 aromatic rings. The highest BCUT2D eigenvalue weighted by molar-refractivity contribution is 5.88. The van der Waals surface area contributed by atoms with E-state index in [1.54, 1.807) is 0 Å². The predicted molar refractivity (Wildman–Crippen MR) is 226 cm³/mol. The maximum Gasteiger partial charge on any atom is 0.0415 e.